The summed E-state index contributed by atoms with van der Waals surface area (Å²) in [5.74, 6) is -0.309. The zero-order chi connectivity index (χ0) is 16.7. The van der Waals surface area contributed by atoms with Crippen LogP contribution in [0.3, 0.4) is 0 Å². The molecular weight excluding hydrogens is 295 g/mol. The van der Waals surface area contributed by atoms with Crippen LogP contribution in [0.4, 0.5) is 4.39 Å². The average Bonchev–Trinajstić information content (AvgIpc) is 2.53. The molecule has 1 atom stereocenters. The van der Waals surface area contributed by atoms with Gasteiger partial charge in [0.2, 0.25) is 0 Å². The summed E-state index contributed by atoms with van der Waals surface area (Å²) in [7, 11) is 1.45. The molecule has 0 aromatic heterocycles. The van der Waals surface area contributed by atoms with Crippen molar-refractivity contribution in [3.8, 4) is 0 Å². The third kappa shape index (κ3) is 4.92. The number of nitrogens with zero attached hydrogens (tertiary/aromatic N) is 2. The van der Waals surface area contributed by atoms with Crippen LogP contribution in [0.15, 0.2) is 58.8 Å². The van der Waals surface area contributed by atoms with Gasteiger partial charge in [-0.15, -0.1) is 0 Å². The summed E-state index contributed by atoms with van der Waals surface area (Å²) in [5, 5.41) is 7.95. The van der Waals surface area contributed by atoms with Gasteiger partial charge >= 0.3 is 0 Å². The van der Waals surface area contributed by atoms with E-state index in [1.54, 1.807) is 25.3 Å². The summed E-state index contributed by atoms with van der Waals surface area (Å²) in [4.78, 5) is 10.3. The Morgan fingerprint density at radius 3 is 2.57 bits per heavy atom. The number of aryl methyl sites for hydroxylation is 1. The molecular formula is C18H19FN2O2. The summed E-state index contributed by atoms with van der Waals surface area (Å²) in [6, 6.07) is 13.9. The zero-order valence-electron chi connectivity index (χ0n) is 13.4. The molecule has 120 valence electrons. The van der Waals surface area contributed by atoms with Crippen molar-refractivity contribution in [3.63, 3.8) is 0 Å². The molecule has 1 unspecified atom stereocenters. The highest BCUT2D eigenvalue weighted by molar-refractivity contribution is 6.03. The monoisotopic (exact) mass is 314 g/mol. The highest BCUT2D eigenvalue weighted by Gasteiger charge is 2.15. The lowest BCUT2D eigenvalue weighted by molar-refractivity contribution is 0.114. The fourth-order valence-electron chi connectivity index (χ4n) is 2.06. The van der Waals surface area contributed by atoms with Gasteiger partial charge in [0.05, 0.1) is 6.21 Å². The number of hydrogen-bond donors (Lipinski definition) is 0. The van der Waals surface area contributed by atoms with Crippen molar-refractivity contribution in [2.45, 2.75) is 20.0 Å². The number of benzene rings is 2. The Labute approximate surface area is 135 Å². The van der Waals surface area contributed by atoms with Crippen LogP contribution in [0.2, 0.25) is 0 Å². The molecule has 0 aliphatic carbocycles. The van der Waals surface area contributed by atoms with Crippen molar-refractivity contribution in [2.24, 2.45) is 10.3 Å². The highest BCUT2D eigenvalue weighted by atomic mass is 19.1. The predicted octanol–water partition coefficient (Wildman–Crippen LogP) is 3.92. The third-order valence-corrected chi connectivity index (χ3v) is 3.18. The van der Waals surface area contributed by atoms with Gasteiger partial charge in [0.15, 0.2) is 6.10 Å². The number of halogens is 1. The Balaban J connectivity index is 2.08. The van der Waals surface area contributed by atoms with Gasteiger partial charge in [-0.05, 0) is 43.7 Å². The zero-order valence-corrected chi connectivity index (χ0v) is 13.4. The number of oxime groups is 2. The highest BCUT2D eigenvalue weighted by Crippen LogP contribution is 2.10. The van der Waals surface area contributed by atoms with Crippen molar-refractivity contribution >= 4 is 11.9 Å². The van der Waals surface area contributed by atoms with Crippen LogP contribution >= 0.6 is 0 Å². The van der Waals surface area contributed by atoms with Gasteiger partial charge in [-0.2, -0.15) is 0 Å². The molecule has 0 radical (unpaired) electrons. The van der Waals surface area contributed by atoms with Gasteiger partial charge in [-0.25, -0.2) is 4.39 Å². The SMILES string of the molecule is CON=C(c1ccc(F)cc1)C(C)ON=Cc1cccc(C)c1. The van der Waals surface area contributed by atoms with E-state index < -0.39 is 6.10 Å². The van der Waals surface area contributed by atoms with Crippen LogP contribution in [0.5, 0.6) is 0 Å². The van der Waals surface area contributed by atoms with Gasteiger partial charge in [-0.1, -0.05) is 40.1 Å². The minimum Gasteiger partial charge on any atom is -0.399 e. The molecule has 5 heteroatoms. The lowest BCUT2D eigenvalue weighted by atomic mass is 10.1. The molecule has 2 rings (SSSR count). The summed E-state index contributed by atoms with van der Waals surface area (Å²) >= 11 is 0. The van der Waals surface area contributed by atoms with Crippen LogP contribution in [-0.4, -0.2) is 25.1 Å². The Kier molecular flexibility index (Phi) is 5.86. The lowest BCUT2D eigenvalue weighted by Crippen LogP contribution is -2.20. The van der Waals surface area contributed by atoms with Crippen LogP contribution in [0.25, 0.3) is 0 Å². The van der Waals surface area contributed by atoms with E-state index in [1.165, 1.54) is 19.2 Å². The molecule has 0 bridgehead atoms. The van der Waals surface area contributed by atoms with Crippen LogP contribution in [-0.2, 0) is 9.68 Å². The quantitative estimate of drug-likeness (QED) is 0.599. The normalized spacial score (nSPS) is 13.1. The van der Waals surface area contributed by atoms with Gasteiger partial charge in [-0.3, -0.25) is 0 Å². The van der Waals surface area contributed by atoms with E-state index in [1.807, 2.05) is 31.2 Å². The van der Waals surface area contributed by atoms with Gasteiger partial charge in [0.25, 0.3) is 0 Å². The molecule has 0 amide bonds. The minimum atomic E-state index is -0.443. The molecule has 0 saturated heterocycles. The summed E-state index contributed by atoms with van der Waals surface area (Å²) in [6.45, 7) is 3.81. The van der Waals surface area contributed by atoms with Crippen molar-refractivity contribution in [3.05, 3.63) is 71.0 Å². The van der Waals surface area contributed by atoms with Crippen molar-refractivity contribution in [1.82, 2.24) is 0 Å². The smallest absolute Gasteiger partial charge is 0.170 e. The van der Waals surface area contributed by atoms with Crippen LogP contribution in [0.1, 0.15) is 23.6 Å². The first-order valence-electron chi connectivity index (χ1n) is 7.23. The first-order chi connectivity index (χ1) is 11.1. The van der Waals surface area contributed by atoms with E-state index in [-0.39, 0.29) is 5.82 Å². The first kappa shape index (κ1) is 16.7. The predicted molar refractivity (Wildman–Crippen MR) is 89.3 cm³/mol. The molecule has 0 aliphatic heterocycles. The fraction of sp³-hybridized carbons (Fsp3) is 0.222. The topological polar surface area (TPSA) is 43.2 Å². The lowest BCUT2D eigenvalue weighted by Gasteiger charge is -2.12. The molecule has 0 spiro atoms. The van der Waals surface area contributed by atoms with Gasteiger partial charge in [0, 0.05) is 5.56 Å². The van der Waals surface area contributed by atoms with Crippen molar-refractivity contribution in [1.29, 1.82) is 0 Å². The van der Waals surface area contributed by atoms with Crippen LogP contribution < -0.4 is 0 Å². The first-order valence-corrected chi connectivity index (χ1v) is 7.23. The third-order valence-electron chi connectivity index (χ3n) is 3.18. The maximum Gasteiger partial charge on any atom is 0.170 e. The second-order valence-electron chi connectivity index (χ2n) is 5.06. The summed E-state index contributed by atoms with van der Waals surface area (Å²) in [5.41, 5.74) is 3.35. The van der Waals surface area contributed by atoms with E-state index in [9.17, 15) is 4.39 Å². The molecule has 2 aromatic rings. The minimum absolute atomic E-state index is 0.309. The van der Waals surface area contributed by atoms with E-state index >= 15 is 0 Å². The maximum absolute atomic E-state index is 13.0. The second-order valence-corrected chi connectivity index (χ2v) is 5.06. The Morgan fingerprint density at radius 2 is 1.91 bits per heavy atom. The second kappa shape index (κ2) is 8.08. The van der Waals surface area contributed by atoms with Crippen molar-refractivity contribution in [2.75, 3.05) is 7.11 Å². The van der Waals surface area contributed by atoms with E-state index in [4.69, 9.17) is 9.68 Å². The fourth-order valence-corrected chi connectivity index (χ4v) is 2.06. The van der Waals surface area contributed by atoms with E-state index in [0.29, 0.717) is 11.3 Å². The van der Waals surface area contributed by atoms with E-state index in [2.05, 4.69) is 10.3 Å². The van der Waals surface area contributed by atoms with E-state index in [0.717, 1.165) is 11.1 Å². The Bertz CT molecular complexity index is 696. The van der Waals surface area contributed by atoms with Crippen molar-refractivity contribution < 1.29 is 14.1 Å². The Hall–Kier alpha value is -2.69. The summed E-state index contributed by atoms with van der Waals surface area (Å²) in [6.07, 6.45) is 1.19. The molecule has 23 heavy (non-hydrogen) atoms. The maximum atomic E-state index is 13.0. The largest absolute Gasteiger partial charge is 0.399 e. The number of rotatable bonds is 6. The molecule has 0 saturated carbocycles. The molecule has 2 aromatic carbocycles. The molecule has 0 heterocycles. The van der Waals surface area contributed by atoms with Crippen LogP contribution in [0, 0.1) is 12.7 Å². The summed E-state index contributed by atoms with van der Waals surface area (Å²) < 4.78 is 13.0. The van der Waals surface area contributed by atoms with Gasteiger partial charge in [0.1, 0.15) is 18.6 Å². The number of hydrogen-bond acceptors (Lipinski definition) is 4. The average molecular weight is 314 g/mol. The molecule has 0 fully saturated rings. The molecule has 4 nitrogen and oxygen atoms in total. The standard InChI is InChI=1S/C18H19FN2O2/c1-13-5-4-6-15(11-13)12-20-23-14(2)18(21-22-3)16-7-9-17(19)10-8-16/h4-12,14H,1-3H3. The molecule has 0 aliphatic rings. The van der Waals surface area contributed by atoms with Gasteiger partial charge < -0.3 is 9.68 Å². The molecule has 0 N–H and O–H groups in total. The Morgan fingerprint density at radius 1 is 1.17 bits per heavy atom.